The first kappa shape index (κ1) is 14.4. The molecule has 3 heteroatoms. The molecule has 0 aromatic heterocycles. The first-order valence-electron chi connectivity index (χ1n) is 5.24. The predicted molar refractivity (Wildman–Crippen MR) is 69.2 cm³/mol. The predicted octanol–water partition coefficient (Wildman–Crippen LogP) is 3.20. The fraction of sp³-hybridized carbons (Fsp3) is 0.818. The van der Waals surface area contributed by atoms with Crippen LogP contribution >= 0.6 is 22.6 Å². The number of ether oxygens (including phenoxy) is 2. The van der Waals surface area contributed by atoms with Gasteiger partial charge in [0.05, 0.1) is 19.8 Å². The van der Waals surface area contributed by atoms with E-state index in [1.54, 1.807) is 6.08 Å². The topological polar surface area (TPSA) is 18.5 Å². The van der Waals surface area contributed by atoms with Gasteiger partial charge in [-0.2, -0.15) is 0 Å². The molecule has 0 atom stereocenters. The summed E-state index contributed by atoms with van der Waals surface area (Å²) in [5.41, 5.74) is 0. The van der Waals surface area contributed by atoms with Crippen LogP contribution in [0.25, 0.3) is 0 Å². The van der Waals surface area contributed by atoms with Gasteiger partial charge in [0.1, 0.15) is 0 Å². The number of hydrogen-bond acceptors (Lipinski definition) is 2. The van der Waals surface area contributed by atoms with Crippen LogP contribution in [0.4, 0.5) is 0 Å². The number of halogens is 1. The monoisotopic (exact) mass is 312 g/mol. The van der Waals surface area contributed by atoms with Crippen molar-refractivity contribution in [3.8, 4) is 0 Å². The van der Waals surface area contributed by atoms with Crippen LogP contribution in [0.3, 0.4) is 0 Å². The van der Waals surface area contributed by atoms with Crippen molar-refractivity contribution in [2.24, 2.45) is 0 Å². The van der Waals surface area contributed by atoms with Crippen LogP contribution in [0, 0.1) is 0 Å². The van der Waals surface area contributed by atoms with Crippen molar-refractivity contribution in [1.29, 1.82) is 0 Å². The molecule has 0 saturated carbocycles. The molecule has 0 fully saturated rings. The third kappa shape index (κ3) is 12.4. The standard InChI is InChI=1S/C11H21IO2/c1-2-8-13-10-11-14-9-6-4-3-5-7-12/h2H,1,3-11H2. The molecule has 0 spiro atoms. The van der Waals surface area contributed by atoms with E-state index in [-0.39, 0.29) is 0 Å². The molecule has 0 bridgehead atoms. The molecule has 0 aliphatic rings. The first-order chi connectivity index (χ1) is 6.91. The molecule has 0 unspecified atom stereocenters. The molecule has 0 aromatic rings. The molecule has 0 aromatic carbocycles. The molecule has 84 valence electrons. The quantitative estimate of drug-likeness (QED) is 0.252. The zero-order chi connectivity index (χ0) is 10.5. The van der Waals surface area contributed by atoms with Crippen molar-refractivity contribution in [3.05, 3.63) is 12.7 Å². The van der Waals surface area contributed by atoms with Crippen LogP contribution in [0.15, 0.2) is 12.7 Å². The van der Waals surface area contributed by atoms with E-state index in [1.807, 2.05) is 0 Å². The third-order valence-corrected chi connectivity index (χ3v) is 2.54. The lowest BCUT2D eigenvalue weighted by Gasteiger charge is -2.03. The highest BCUT2D eigenvalue weighted by Crippen LogP contribution is 2.02. The molecule has 2 nitrogen and oxygen atoms in total. The van der Waals surface area contributed by atoms with Gasteiger partial charge in [0.15, 0.2) is 0 Å². The summed E-state index contributed by atoms with van der Waals surface area (Å²) in [6.07, 6.45) is 6.89. The van der Waals surface area contributed by atoms with Crippen molar-refractivity contribution < 1.29 is 9.47 Å². The van der Waals surface area contributed by atoms with Gasteiger partial charge in [0.2, 0.25) is 0 Å². The van der Waals surface area contributed by atoms with Crippen LogP contribution in [-0.2, 0) is 9.47 Å². The lowest BCUT2D eigenvalue weighted by atomic mass is 10.2. The second kappa shape index (κ2) is 13.4. The Labute approximate surface area is 101 Å². The minimum atomic E-state index is 0.624. The average molecular weight is 312 g/mol. The fourth-order valence-electron chi connectivity index (χ4n) is 1.04. The van der Waals surface area contributed by atoms with Crippen LogP contribution in [0.2, 0.25) is 0 Å². The Bertz CT molecular complexity index is 118. The Balaban J connectivity index is 2.81. The Kier molecular flexibility index (Phi) is 13.8. The summed E-state index contributed by atoms with van der Waals surface area (Å²) in [6.45, 7) is 6.46. The first-order valence-corrected chi connectivity index (χ1v) is 6.76. The number of alkyl halides is 1. The van der Waals surface area contributed by atoms with Crippen molar-refractivity contribution >= 4 is 22.6 Å². The van der Waals surface area contributed by atoms with E-state index in [2.05, 4.69) is 29.2 Å². The van der Waals surface area contributed by atoms with Gasteiger partial charge in [-0.05, 0) is 17.3 Å². The summed E-state index contributed by atoms with van der Waals surface area (Å²) in [7, 11) is 0. The summed E-state index contributed by atoms with van der Waals surface area (Å²) in [5, 5.41) is 0. The molecule has 0 N–H and O–H groups in total. The maximum absolute atomic E-state index is 5.40. The summed E-state index contributed by atoms with van der Waals surface area (Å²) in [6, 6.07) is 0. The summed E-state index contributed by atoms with van der Waals surface area (Å²) < 4.78 is 11.9. The minimum Gasteiger partial charge on any atom is -0.379 e. The highest BCUT2D eigenvalue weighted by molar-refractivity contribution is 14.1. The molecule has 14 heavy (non-hydrogen) atoms. The van der Waals surface area contributed by atoms with E-state index in [4.69, 9.17) is 9.47 Å². The zero-order valence-electron chi connectivity index (χ0n) is 8.84. The Morgan fingerprint density at radius 2 is 1.64 bits per heavy atom. The van der Waals surface area contributed by atoms with E-state index in [9.17, 15) is 0 Å². The minimum absolute atomic E-state index is 0.624. The van der Waals surface area contributed by atoms with Crippen LogP contribution in [0.1, 0.15) is 25.7 Å². The van der Waals surface area contributed by atoms with Gasteiger partial charge >= 0.3 is 0 Å². The van der Waals surface area contributed by atoms with E-state index in [0.29, 0.717) is 19.8 Å². The number of rotatable bonds is 11. The van der Waals surface area contributed by atoms with Gasteiger partial charge in [-0.25, -0.2) is 0 Å². The molecule has 0 saturated heterocycles. The smallest absolute Gasteiger partial charge is 0.0704 e. The van der Waals surface area contributed by atoms with Gasteiger partial charge in [-0.15, -0.1) is 6.58 Å². The molecular formula is C11H21IO2. The molecule has 0 radical (unpaired) electrons. The molecular weight excluding hydrogens is 291 g/mol. The Hall–Kier alpha value is 0.390. The molecule has 0 amide bonds. The highest BCUT2D eigenvalue weighted by Gasteiger charge is 1.90. The second-order valence-corrected chi connectivity index (χ2v) is 4.16. The fourth-order valence-corrected chi connectivity index (χ4v) is 1.58. The van der Waals surface area contributed by atoms with Crippen LogP contribution < -0.4 is 0 Å². The van der Waals surface area contributed by atoms with Gasteiger partial charge in [0, 0.05) is 6.61 Å². The average Bonchev–Trinajstić information content (AvgIpc) is 2.21. The SMILES string of the molecule is C=CCOCCOCCCCCCI. The Morgan fingerprint density at radius 1 is 0.929 bits per heavy atom. The summed E-state index contributed by atoms with van der Waals surface area (Å²) in [4.78, 5) is 0. The lowest BCUT2D eigenvalue weighted by Crippen LogP contribution is -2.05. The number of hydrogen-bond donors (Lipinski definition) is 0. The van der Waals surface area contributed by atoms with Gasteiger partial charge in [0.25, 0.3) is 0 Å². The van der Waals surface area contributed by atoms with Gasteiger partial charge in [-0.3, -0.25) is 0 Å². The van der Waals surface area contributed by atoms with Crippen molar-refractivity contribution in [3.63, 3.8) is 0 Å². The van der Waals surface area contributed by atoms with Crippen molar-refractivity contribution in [1.82, 2.24) is 0 Å². The third-order valence-electron chi connectivity index (χ3n) is 1.78. The van der Waals surface area contributed by atoms with E-state index < -0.39 is 0 Å². The second-order valence-electron chi connectivity index (χ2n) is 3.08. The van der Waals surface area contributed by atoms with E-state index >= 15 is 0 Å². The highest BCUT2D eigenvalue weighted by atomic mass is 127. The summed E-state index contributed by atoms with van der Waals surface area (Å²) >= 11 is 2.42. The molecule has 0 rings (SSSR count). The largest absolute Gasteiger partial charge is 0.379 e. The van der Waals surface area contributed by atoms with Gasteiger partial charge in [-0.1, -0.05) is 41.5 Å². The van der Waals surface area contributed by atoms with Crippen molar-refractivity contribution in [2.45, 2.75) is 25.7 Å². The lowest BCUT2D eigenvalue weighted by molar-refractivity contribution is 0.0568. The van der Waals surface area contributed by atoms with E-state index in [1.165, 1.54) is 30.1 Å². The molecule has 0 aliphatic carbocycles. The van der Waals surface area contributed by atoms with Crippen molar-refractivity contribution in [2.75, 3.05) is 30.9 Å². The molecule has 0 aliphatic heterocycles. The molecule has 0 heterocycles. The maximum atomic E-state index is 5.40. The van der Waals surface area contributed by atoms with Gasteiger partial charge < -0.3 is 9.47 Å². The Morgan fingerprint density at radius 3 is 2.36 bits per heavy atom. The zero-order valence-corrected chi connectivity index (χ0v) is 11.0. The summed E-state index contributed by atoms with van der Waals surface area (Å²) in [5.74, 6) is 0. The number of unbranched alkanes of at least 4 members (excludes halogenated alkanes) is 3. The maximum Gasteiger partial charge on any atom is 0.0704 e. The van der Waals surface area contributed by atoms with E-state index in [0.717, 1.165) is 6.61 Å². The van der Waals surface area contributed by atoms with Crippen LogP contribution in [0.5, 0.6) is 0 Å². The van der Waals surface area contributed by atoms with Crippen LogP contribution in [-0.4, -0.2) is 30.9 Å². The normalized spacial score (nSPS) is 10.4.